The van der Waals surface area contributed by atoms with Gasteiger partial charge in [0.15, 0.2) is 6.10 Å². The van der Waals surface area contributed by atoms with Gasteiger partial charge in [0.05, 0.1) is 10.6 Å². The van der Waals surface area contributed by atoms with Crippen molar-refractivity contribution in [1.29, 1.82) is 0 Å². The molecule has 2 rings (SSSR count). The molecule has 20 heavy (non-hydrogen) atoms. The molecule has 4 heteroatoms. The van der Waals surface area contributed by atoms with Gasteiger partial charge in [-0.1, -0.05) is 54.1 Å². The minimum absolute atomic E-state index is 0.244. The molecule has 0 aliphatic carbocycles. The number of esters is 1. The topological polar surface area (TPSA) is 43.4 Å². The molecule has 0 bridgehead atoms. The summed E-state index contributed by atoms with van der Waals surface area (Å²) in [5.74, 6) is -0.849. The molecule has 0 aliphatic heterocycles. The highest BCUT2D eigenvalue weighted by molar-refractivity contribution is 6.33. The molecule has 3 nitrogen and oxygen atoms in total. The summed E-state index contributed by atoms with van der Waals surface area (Å²) in [7, 11) is 0. The lowest BCUT2D eigenvalue weighted by Crippen LogP contribution is -2.24. The average Bonchev–Trinajstić information content (AvgIpc) is 2.47. The highest BCUT2D eigenvalue weighted by atomic mass is 35.5. The number of ketones is 1. The van der Waals surface area contributed by atoms with Crippen molar-refractivity contribution in [2.75, 3.05) is 0 Å². The molecule has 2 aromatic carbocycles. The van der Waals surface area contributed by atoms with E-state index in [-0.39, 0.29) is 11.3 Å². The molecule has 2 aromatic rings. The Hall–Kier alpha value is -2.13. The van der Waals surface area contributed by atoms with Crippen LogP contribution in [0.1, 0.15) is 27.6 Å². The second kappa shape index (κ2) is 6.35. The first-order valence-electron chi connectivity index (χ1n) is 6.14. The number of ether oxygens (including phenoxy) is 1. The lowest BCUT2D eigenvalue weighted by molar-refractivity contribution is 0.0319. The van der Waals surface area contributed by atoms with Crippen LogP contribution in [-0.2, 0) is 4.74 Å². The minimum atomic E-state index is -0.860. The van der Waals surface area contributed by atoms with Crippen LogP contribution in [0.15, 0.2) is 54.6 Å². The molecule has 0 aliphatic rings. The Bertz CT molecular complexity index is 623. The van der Waals surface area contributed by atoms with Gasteiger partial charge in [0.2, 0.25) is 5.78 Å². The van der Waals surface area contributed by atoms with Gasteiger partial charge in [0.1, 0.15) is 0 Å². The van der Waals surface area contributed by atoms with Gasteiger partial charge >= 0.3 is 5.97 Å². The third-order valence-corrected chi connectivity index (χ3v) is 3.13. The molecular weight excluding hydrogens is 276 g/mol. The highest BCUT2D eigenvalue weighted by Gasteiger charge is 2.21. The largest absolute Gasteiger partial charge is 0.451 e. The van der Waals surface area contributed by atoms with Crippen LogP contribution >= 0.6 is 11.6 Å². The van der Waals surface area contributed by atoms with E-state index in [2.05, 4.69) is 0 Å². The summed E-state index contributed by atoms with van der Waals surface area (Å²) in [6.07, 6.45) is -0.860. The van der Waals surface area contributed by atoms with E-state index in [4.69, 9.17) is 16.3 Å². The maximum Gasteiger partial charge on any atom is 0.340 e. The first kappa shape index (κ1) is 14.3. The number of hydrogen-bond acceptors (Lipinski definition) is 3. The zero-order valence-corrected chi connectivity index (χ0v) is 11.6. The Labute approximate surface area is 122 Å². The van der Waals surface area contributed by atoms with Gasteiger partial charge in [-0.15, -0.1) is 0 Å². The molecule has 1 atom stereocenters. The van der Waals surface area contributed by atoms with Gasteiger partial charge in [-0.3, -0.25) is 4.79 Å². The molecule has 0 radical (unpaired) electrons. The van der Waals surface area contributed by atoms with Crippen molar-refractivity contribution in [2.24, 2.45) is 0 Å². The molecule has 0 unspecified atom stereocenters. The van der Waals surface area contributed by atoms with E-state index in [1.165, 1.54) is 0 Å². The van der Waals surface area contributed by atoms with Crippen LogP contribution in [0.4, 0.5) is 0 Å². The van der Waals surface area contributed by atoms with Gasteiger partial charge < -0.3 is 4.74 Å². The number of halogens is 1. The van der Waals surface area contributed by atoms with E-state index >= 15 is 0 Å². The number of carbonyl (C=O) groups is 2. The summed E-state index contributed by atoms with van der Waals surface area (Å²) in [5, 5.41) is 0.303. The monoisotopic (exact) mass is 288 g/mol. The molecule has 102 valence electrons. The molecular formula is C16H13ClO3. The van der Waals surface area contributed by atoms with E-state index in [9.17, 15) is 9.59 Å². The van der Waals surface area contributed by atoms with Crippen molar-refractivity contribution < 1.29 is 14.3 Å². The van der Waals surface area contributed by atoms with Gasteiger partial charge in [-0.2, -0.15) is 0 Å². The van der Waals surface area contributed by atoms with Gasteiger partial charge in [0, 0.05) is 5.56 Å². The zero-order chi connectivity index (χ0) is 14.5. The normalized spacial score (nSPS) is 11.7. The van der Waals surface area contributed by atoms with Gasteiger partial charge in [-0.25, -0.2) is 4.79 Å². The van der Waals surface area contributed by atoms with E-state index < -0.39 is 12.1 Å². The van der Waals surface area contributed by atoms with Crippen molar-refractivity contribution in [3.8, 4) is 0 Å². The van der Waals surface area contributed by atoms with Gasteiger partial charge in [0.25, 0.3) is 0 Å². The third kappa shape index (κ3) is 3.25. The summed E-state index contributed by atoms with van der Waals surface area (Å²) in [4.78, 5) is 24.0. The van der Waals surface area contributed by atoms with Crippen molar-refractivity contribution in [1.82, 2.24) is 0 Å². The molecule has 0 saturated heterocycles. The van der Waals surface area contributed by atoms with E-state index in [1.54, 1.807) is 55.5 Å². The minimum Gasteiger partial charge on any atom is -0.451 e. The number of Topliss-reactive ketones (excluding diaryl/α,β-unsaturated/α-hetero) is 1. The zero-order valence-electron chi connectivity index (χ0n) is 10.9. The second-order valence-electron chi connectivity index (χ2n) is 4.26. The predicted octanol–water partition coefficient (Wildman–Crippen LogP) is 3.77. The Kier molecular flexibility index (Phi) is 4.53. The number of benzene rings is 2. The summed E-state index contributed by atoms with van der Waals surface area (Å²) < 4.78 is 5.16. The van der Waals surface area contributed by atoms with Crippen LogP contribution in [0.2, 0.25) is 5.02 Å². The lowest BCUT2D eigenvalue weighted by Gasteiger charge is -2.12. The molecule has 0 amide bonds. The molecule has 0 heterocycles. The van der Waals surface area contributed by atoms with Crippen molar-refractivity contribution in [2.45, 2.75) is 13.0 Å². The number of hydrogen-bond donors (Lipinski definition) is 0. The quantitative estimate of drug-likeness (QED) is 0.635. The van der Waals surface area contributed by atoms with E-state index in [1.807, 2.05) is 6.07 Å². The molecule has 0 fully saturated rings. The van der Waals surface area contributed by atoms with E-state index in [0.717, 1.165) is 0 Å². The standard InChI is InChI=1S/C16H13ClO3/c1-11(15(18)12-7-3-2-4-8-12)20-16(19)13-9-5-6-10-14(13)17/h2-11H,1H3/t11-/m0/s1. The molecule has 0 saturated carbocycles. The summed E-state index contributed by atoms with van der Waals surface area (Å²) in [6, 6.07) is 15.3. The number of rotatable bonds is 4. The van der Waals surface area contributed by atoms with Crippen LogP contribution < -0.4 is 0 Å². The summed E-state index contributed by atoms with van der Waals surface area (Å²) in [6.45, 7) is 1.55. The summed E-state index contributed by atoms with van der Waals surface area (Å²) >= 11 is 5.91. The smallest absolute Gasteiger partial charge is 0.340 e. The molecule has 0 spiro atoms. The highest BCUT2D eigenvalue weighted by Crippen LogP contribution is 2.17. The first-order chi connectivity index (χ1) is 9.59. The van der Waals surface area contributed by atoms with E-state index in [0.29, 0.717) is 10.6 Å². The van der Waals surface area contributed by atoms with Crippen LogP contribution in [0, 0.1) is 0 Å². The fraction of sp³-hybridized carbons (Fsp3) is 0.125. The SMILES string of the molecule is C[C@H](OC(=O)c1ccccc1Cl)C(=O)c1ccccc1. The summed E-state index contributed by atoms with van der Waals surface area (Å²) in [5.41, 5.74) is 0.758. The number of carbonyl (C=O) groups excluding carboxylic acids is 2. The van der Waals surface area contributed by atoms with Crippen LogP contribution in [-0.4, -0.2) is 17.9 Å². The maximum atomic E-state index is 12.1. The first-order valence-corrected chi connectivity index (χ1v) is 6.52. The fourth-order valence-electron chi connectivity index (χ4n) is 1.74. The molecule has 0 N–H and O–H groups in total. The van der Waals surface area contributed by atoms with Crippen LogP contribution in [0.3, 0.4) is 0 Å². The Morgan fingerprint density at radius 2 is 1.60 bits per heavy atom. The van der Waals surface area contributed by atoms with Gasteiger partial charge in [-0.05, 0) is 19.1 Å². The second-order valence-corrected chi connectivity index (χ2v) is 4.66. The Morgan fingerprint density at radius 3 is 2.25 bits per heavy atom. The van der Waals surface area contributed by atoms with Crippen molar-refractivity contribution in [3.05, 3.63) is 70.7 Å². The third-order valence-electron chi connectivity index (χ3n) is 2.81. The predicted molar refractivity (Wildman–Crippen MR) is 77.1 cm³/mol. The molecule has 0 aromatic heterocycles. The lowest BCUT2D eigenvalue weighted by atomic mass is 10.1. The fourth-order valence-corrected chi connectivity index (χ4v) is 1.95. The Balaban J connectivity index is 2.09. The Morgan fingerprint density at radius 1 is 1.00 bits per heavy atom. The van der Waals surface area contributed by atoms with Crippen molar-refractivity contribution in [3.63, 3.8) is 0 Å². The van der Waals surface area contributed by atoms with Crippen molar-refractivity contribution >= 4 is 23.4 Å². The maximum absolute atomic E-state index is 12.1. The van der Waals surface area contributed by atoms with Crippen LogP contribution in [0.25, 0.3) is 0 Å². The average molecular weight is 289 g/mol. The van der Waals surface area contributed by atoms with Crippen LogP contribution in [0.5, 0.6) is 0 Å².